The highest BCUT2D eigenvalue weighted by molar-refractivity contribution is 9.10. The molecule has 2 rings (SSSR count). The van der Waals surface area contributed by atoms with Gasteiger partial charge in [-0.05, 0) is 26.0 Å². The fraction of sp³-hybridized carbons (Fsp3) is 0.273. The van der Waals surface area contributed by atoms with Crippen LogP contribution in [0, 0.1) is 0 Å². The van der Waals surface area contributed by atoms with Gasteiger partial charge in [0.15, 0.2) is 11.3 Å². The van der Waals surface area contributed by atoms with E-state index in [1.54, 1.807) is 13.8 Å². The summed E-state index contributed by atoms with van der Waals surface area (Å²) in [6.07, 6.45) is 0. The molecular weight excluding hydrogens is 258 g/mol. The Labute approximate surface area is 96.2 Å². The lowest BCUT2D eigenvalue weighted by atomic mass is 9.96. The number of hydrogen-bond donors (Lipinski definition) is 0. The number of nitrogens with zero attached hydrogens (tertiary/aromatic N) is 1. The molecule has 1 aromatic rings. The summed E-state index contributed by atoms with van der Waals surface area (Å²) in [6.45, 7) is 3.43. The number of ketones is 1. The summed E-state index contributed by atoms with van der Waals surface area (Å²) in [4.78, 5) is 16.9. The number of halogens is 1. The van der Waals surface area contributed by atoms with Crippen LogP contribution in [0.15, 0.2) is 33.9 Å². The monoisotopic (exact) mass is 267 g/mol. The molecule has 0 aliphatic carbocycles. The molecule has 0 amide bonds. The van der Waals surface area contributed by atoms with Crippen molar-refractivity contribution < 1.29 is 9.63 Å². The van der Waals surface area contributed by atoms with Gasteiger partial charge >= 0.3 is 0 Å². The number of benzene rings is 1. The van der Waals surface area contributed by atoms with E-state index in [-0.39, 0.29) is 5.78 Å². The molecular formula is C11H10BrNO2. The molecule has 0 spiro atoms. The van der Waals surface area contributed by atoms with E-state index in [0.717, 1.165) is 10.0 Å². The third-order valence-corrected chi connectivity index (χ3v) is 2.77. The molecule has 0 saturated heterocycles. The van der Waals surface area contributed by atoms with Gasteiger partial charge in [-0.25, -0.2) is 0 Å². The zero-order valence-electron chi connectivity index (χ0n) is 8.45. The summed E-state index contributed by atoms with van der Waals surface area (Å²) >= 11 is 3.34. The standard InChI is InChI=1S/C11H10BrNO2/c1-11(2)10(14)9(13-15-11)7-3-5-8(12)6-4-7/h3-6H,1-2H3. The third-order valence-electron chi connectivity index (χ3n) is 2.24. The van der Waals surface area contributed by atoms with Crippen LogP contribution in [-0.4, -0.2) is 17.1 Å². The zero-order chi connectivity index (χ0) is 11.1. The minimum absolute atomic E-state index is 0.0789. The summed E-state index contributed by atoms with van der Waals surface area (Å²) in [5.41, 5.74) is 0.351. The van der Waals surface area contributed by atoms with Gasteiger partial charge in [0.05, 0.1) is 0 Å². The minimum atomic E-state index is -0.831. The van der Waals surface area contributed by atoms with Gasteiger partial charge in [0.1, 0.15) is 0 Å². The first kappa shape index (κ1) is 10.4. The molecule has 0 radical (unpaired) electrons. The summed E-state index contributed by atoms with van der Waals surface area (Å²) in [7, 11) is 0. The summed E-state index contributed by atoms with van der Waals surface area (Å²) < 4.78 is 0.970. The van der Waals surface area contributed by atoms with Crippen LogP contribution in [0.5, 0.6) is 0 Å². The smallest absolute Gasteiger partial charge is 0.230 e. The van der Waals surface area contributed by atoms with Crippen LogP contribution in [-0.2, 0) is 9.63 Å². The van der Waals surface area contributed by atoms with Crippen molar-refractivity contribution in [1.29, 1.82) is 0 Å². The van der Waals surface area contributed by atoms with Gasteiger partial charge in [-0.15, -0.1) is 0 Å². The number of Topliss-reactive ketones (excluding diaryl/α,β-unsaturated/α-hetero) is 1. The van der Waals surface area contributed by atoms with Crippen molar-refractivity contribution in [3.05, 3.63) is 34.3 Å². The van der Waals surface area contributed by atoms with Gasteiger partial charge in [0.2, 0.25) is 5.78 Å². The number of carbonyl (C=O) groups excluding carboxylic acids is 1. The van der Waals surface area contributed by atoms with E-state index in [4.69, 9.17) is 4.84 Å². The molecule has 1 aliphatic rings. The van der Waals surface area contributed by atoms with Crippen molar-refractivity contribution in [2.24, 2.45) is 5.16 Å². The lowest BCUT2D eigenvalue weighted by Gasteiger charge is -2.11. The average molecular weight is 268 g/mol. The quantitative estimate of drug-likeness (QED) is 0.785. The molecule has 0 N–H and O–H groups in total. The fourth-order valence-electron chi connectivity index (χ4n) is 1.32. The Morgan fingerprint density at radius 1 is 1.27 bits per heavy atom. The van der Waals surface area contributed by atoms with Crippen LogP contribution in [0.1, 0.15) is 19.4 Å². The molecule has 4 heteroatoms. The molecule has 3 nitrogen and oxygen atoms in total. The van der Waals surface area contributed by atoms with E-state index in [2.05, 4.69) is 21.1 Å². The highest BCUT2D eigenvalue weighted by Gasteiger charge is 2.40. The second kappa shape index (κ2) is 3.45. The van der Waals surface area contributed by atoms with Crippen molar-refractivity contribution in [2.45, 2.75) is 19.4 Å². The molecule has 0 bridgehead atoms. The minimum Gasteiger partial charge on any atom is -0.381 e. The molecule has 0 atom stereocenters. The van der Waals surface area contributed by atoms with E-state index in [0.29, 0.717) is 5.71 Å². The third kappa shape index (κ3) is 1.81. The molecule has 1 aromatic carbocycles. The maximum atomic E-state index is 11.8. The SMILES string of the molecule is CC1(C)ON=C(c2ccc(Br)cc2)C1=O. The number of oxime groups is 1. The summed E-state index contributed by atoms with van der Waals surface area (Å²) in [5, 5.41) is 3.82. The van der Waals surface area contributed by atoms with Gasteiger partial charge < -0.3 is 4.84 Å². The molecule has 1 heterocycles. The second-order valence-electron chi connectivity index (χ2n) is 3.88. The van der Waals surface area contributed by atoms with Gasteiger partial charge in [-0.3, -0.25) is 4.79 Å². The van der Waals surface area contributed by atoms with Gasteiger partial charge in [0, 0.05) is 10.0 Å². The first-order valence-electron chi connectivity index (χ1n) is 4.57. The topological polar surface area (TPSA) is 38.7 Å². The Morgan fingerprint density at radius 2 is 1.87 bits per heavy atom. The van der Waals surface area contributed by atoms with Gasteiger partial charge in [0.25, 0.3) is 0 Å². The lowest BCUT2D eigenvalue weighted by molar-refractivity contribution is -0.128. The van der Waals surface area contributed by atoms with Crippen molar-refractivity contribution in [3.8, 4) is 0 Å². The van der Waals surface area contributed by atoms with Gasteiger partial charge in [-0.1, -0.05) is 33.2 Å². The maximum absolute atomic E-state index is 11.8. The summed E-state index contributed by atoms with van der Waals surface area (Å²) in [6, 6.07) is 7.42. The first-order valence-corrected chi connectivity index (χ1v) is 5.37. The van der Waals surface area contributed by atoms with E-state index in [1.165, 1.54) is 0 Å². The Bertz CT molecular complexity index is 434. The number of rotatable bonds is 1. The van der Waals surface area contributed by atoms with Crippen LogP contribution >= 0.6 is 15.9 Å². The van der Waals surface area contributed by atoms with Crippen LogP contribution in [0.3, 0.4) is 0 Å². The van der Waals surface area contributed by atoms with Crippen molar-refractivity contribution in [1.82, 2.24) is 0 Å². The molecule has 0 saturated carbocycles. The normalized spacial score (nSPS) is 18.6. The maximum Gasteiger partial charge on any atom is 0.230 e. The predicted molar refractivity (Wildman–Crippen MR) is 60.9 cm³/mol. The fourth-order valence-corrected chi connectivity index (χ4v) is 1.58. The van der Waals surface area contributed by atoms with E-state index in [9.17, 15) is 4.79 Å². The van der Waals surface area contributed by atoms with E-state index < -0.39 is 5.60 Å². The largest absolute Gasteiger partial charge is 0.381 e. The van der Waals surface area contributed by atoms with E-state index >= 15 is 0 Å². The Morgan fingerprint density at radius 3 is 2.33 bits per heavy atom. The van der Waals surface area contributed by atoms with Crippen LogP contribution in [0.2, 0.25) is 0 Å². The molecule has 0 fully saturated rings. The van der Waals surface area contributed by atoms with E-state index in [1.807, 2.05) is 24.3 Å². The number of carbonyl (C=O) groups is 1. The second-order valence-corrected chi connectivity index (χ2v) is 4.79. The summed E-state index contributed by atoms with van der Waals surface area (Å²) in [5.74, 6) is -0.0789. The molecule has 0 aromatic heterocycles. The van der Waals surface area contributed by atoms with Crippen molar-refractivity contribution >= 4 is 27.4 Å². The highest BCUT2D eigenvalue weighted by atomic mass is 79.9. The van der Waals surface area contributed by atoms with Crippen LogP contribution < -0.4 is 0 Å². The molecule has 0 unspecified atom stereocenters. The first-order chi connectivity index (χ1) is 7.00. The average Bonchev–Trinajstić information content (AvgIpc) is 2.45. The lowest BCUT2D eigenvalue weighted by Crippen LogP contribution is -2.32. The zero-order valence-corrected chi connectivity index (χ0v) is 10.0. The molecule has 15 heavy (non-hydrogen) atoms. The molecule has 1 aliphatic heterocycles. The molecule has 78 valence electrons. The Balaban J connectivity index is 2.35. The Hall–Kier alpha value is -1.16. The van der Waals surface area contributed by atoms with Gasteiger partial charge in [-0.2, -0.15) is 0 Å². The number of hydrogen-bond acceptors (Lipinski definition) is 3. The Kier molecular flexibility index (Phi) is 2.38. The predicted octanol–water partition coefficient (Wildman–Crippen LogP) is 2.53. The van der Waals surface area contributed by atoms with Crippen molar-refractivity contribution in [2.75, 3.05) is 0 Å². The van der Waals surface area contributed by atoms with Crippen LogP contribution in [0.25, 0.3) is 0 Å². The van der Waals surface area contributed by atoms with Crippen molar-refractivity contribution in [3.63, 3.8) is 0 Å². The van der Waals surface area contributed by atoms with Crippen LogP contribution in [0.4, 0.5) is 0 Å². The highest BCUT2D eigenvalue weighted by Crippen LogP contribution is 2.23.